The highest BCUT2D eigenvalue weighted by atomic mass is 32.2. The molecule has 1 spiro atoms. The summed E-state index contributed by atoms with van der Waals surface area (Å²) in [6, 6.07) is 20.4. The van der Waals surface area contributed by atoms with Crippen LogP contribution in [0.2, 0.25) is 0 Å². The van der Waals surface area contributed by atoms with Gasteiger partial charge in [-0.25, -0.2) is 0 Å². The number of carbonyl (C=O) groups is 3. The van der Waals surface area contributed by atoms with Crippen molar-refractivity contribution in [1.82, 2.24) is 4.90 Å². The highest BCUT2D eigenvalue weighted by molar-refractivity contribution is 8.02. The van der Waals surface area contributed by atoms with Gasteiger partial charge in [0.15, 0.2) is 0 Å². The zero-order valence-corrected chi connectivity index (χ0v) is 24.6. The summed E-state index contributed by atoms with van der Waals surface area (Å²) in [7, 11) is 0. The molecule has 3 aromatic rings. The highest BCUT2D eigenvalue weighted by Crippen LogP contribution is 2.66. The largest absolute Gasteiger partial charge is 0.494 e. The molecule has 5 atom stereocenters. The van der Waals surface area contributed by atoms with Crippen LogP contribution in [-0.4, -0.2) is 63.5 Å². The van der Waals surface area contributed by atoms with Gasteiger partial charge in [0.2, 0.25) is 17.7 Å². The number of ether oxygens (including phenoxy) is 1. The molecule has 9 heteroatoms. The Morgan fingerprint density at radius 1 is 0.976 bits per heavy atom. The summed E-state index contributed by atoms with van der Waals surface area (Å²) in [6.07, 6.45) is 3.59. The number of unbranched alkanes of at least 4 members (excludes halogenated alkanes) is 2. The van der Waals surface area contributed by atoms with Gasteiger partial charge in [0, 0.05) is 29.8 Å². The lowest BCUT2D eigenvalue weighted by atomic mass is 9.70. The number of thioether (sulfide) groups is 1. The lowest BCUT2D eigenvalue weighted by Gasteiger charge is -2.34. The quantitative estimate of drug-likeness (QED) is 0.271. The first-order chi connectivity index (χ1) is 20.4. The molecule has 220 valence electrons. The van der Waals surface area contributed by atoms with Crippen molar-refractivity contribution >= 4 is 51.6 Å². The number of amides is 3. The van der Waals surface area contributed by atoms with Crippen molar-refractivity contribution in [3.63, 3.8) is 0 Å². The lowest BCUT2D eigenvalue weighted by Crippen LogP contribution is -2.51. The second kappa shape index (κ2) is 12.0. The number of benzene rings is 3. The minimum absolute atomic E-state index is 0.0193. The molecule has 3 saturated heterocycles. The summed E-state index contributed by atoms with van der Waals surface area (Å²) < 4.78 is 4.86. The van der Waals surface area contributed by atoms with E-state index in [9.17, 15) is 19.5 Å². The number of carbonyl (C=O) groups excluding carboxylic acids is 3. The maximum Gasteiger partial charge on any atom is 0.248 e. The van der Waals surface area contributed by atoms with Crippen LogP contribution in [0.1, 0.15) is 39.0 Å². The molecule has 6 rings (SSSR count). The number of aliphatic hydroxyl groups is 1. The smallest absolute Gasteiger partial charge is 0.248 e. The summed E-state index contributed by atoms with van der Waals surface area (Å²) in [5, 5.41) is 17.5. The van der Waals surface area contributed by atoms with Crippen LogP contribution in [0.5, 0.6) is 5.75 Å². The third-order valence-electron chi connectivity index (χ3n) is 8.86. The number of aliphatic hydroxyl groups excluding tert-OH is 1. The van der Waals surface area contributed by atoms with Crippen LogP contribution in [0.15, 0.2) is 66.7 Å². The van der Waals surface area contributed by atoms with Gasteiger partial charge in [-0.2, -0.15) is 0 Å². The Balaban J connectivity index is 1.26. The third-order valence-corrected chi connectivity index (χ3v) is 10.8. The van der Waals surface area contributed by atoms with E-state index in [0.717, 1.165) is 29.4 Å². The fourth-order valence-electron chi connectivity index (χ4n) is 7.07. The van der Waals surface area contributed by atoms with Crippen molar-refractivity contribution in [2.45, 2.75) is 55.1 Å². The predicted octanol–water partition coefficient (Wildman–Crippen LogP) is 5.07. The van der Waals surface area contributed by atoms with Gasteiger partial charge < -0.3 is 25.4 Å². The molecule has 42 heavy (non-hydrogen) atoms. The zero-order chi connectivity index (χ0) is 29.3. The van der Waals surface area contributed by atoms with Crippen molar-refractivity contribution in [1.29, 1.82) is 0 Å². The Kier molecular flexibility index (Phi) is 8.14. The first-order valence-electron chi connectivity index (χ1n) is 14.9. The van der Waals surface area contributed by atoms with Gasteiger partial charge >= 0.3 is 0 Å². The van der Waals surface area contributed by atoms with Crippen LogP contribution in [-0.2, 0) is 14.4 Å². The standard InChI is InChI=1S/C33H37N3O5S/c1-2-41-25-14-12-23(13-15-25)34-30(38)27-26-16-17-33(42-26)28(27)32(40)36(18-6-3-7-19-37)29(33)31(39)35-24-11-10-21-8-4-5-9-22(21)20-24/h4-5,8-15,20,26-29,37H,2-3,6-7,16-19H2,1H3,(H,34,38)(H,35,39)/t26-,27+,28-,29?,33?/m0/s1. The molecule has 0 aromatic heterocycles. The average Bonchev–Trinajstić information content (AvgIpc) is 3.64. The maximum atomic E-state index is 14.1. The van der Waals surface area contributed by atoms with E-state index in [4.69, 9.17) is 4.74 Å². The SMILES string of the molecule is CCOc1ccc(NC(=O)[C@@H]2[C@@H]3CCC4(S3)C(C(=O)Nc3ccc5ccccc5c3)N(CCCCCO)C(=O)[C@H]24)cc1. The molecule has 3 fully saturated rings. The van der Waals surface area contributed by atoms with Gasteiger partial charge in [-0.1, -0.05) is 30.3 Å². The van der Waals surface area contributed by atoms with Crippen LogP contribution >= 0.6 is 11.8 Å². The van der Waals surface area contributed by atoms with Crippen LogP contribution < -0.4 is 15.4 Å². The van der Waals surface area contributed by atoms with Gasteiger partial charge in [0.1, 0.15) is 11.8 Å². The van der Waals surface area contributed by atoms with E-state index in [1.165, 1.54) is 0 Å². The van der Waals surface area contributed by atoms with Crippen LogP contribution in [0, 0.1) is 11.8 Å². The molecule has 3 heterocycles. The second-order valence-electron chi connectivity index (χ2n) is 11.4. The summed E-state index contributed by atoms with van der Waals surface area (Å²) in [5.74, 6) is -0.834. The van der Waals surface area contributed by atoms with Crippen molar-refractivity contribution < 1.29 is 24.2 Å². The molecule has 0 aliphatic carbocycles. The molecule has 0 saturated carbocycles. The zero-order valence-electron chi connectivity index (χ0n) is 23.8. The third kappa shape index (κ3) is 5.13. The number of hydrogen-bond acceptors (Lipinski definition) is 6. The minimum Gasteiger partial charge on any atom is -0.494 e. The Morgan fingerprint density at radius 3 is 2.48 bits per heavy atom. The number of nitrogens with one attached hydrogen (secondary N) is 2. The average molecular weight is 588 g/mol. The summed E-state index contributed by atoms with van der Waals surface area (Å²) in [6.45, 7) is 3.00. The van der Waals surface area contributed by atoms with Crippen LogP contribution in [0.25, 0.3) is 10.8 Å². The molecule has 0 radical (unpaired) electrons. The van der Waals surface area contributed by atoms with Gasteiger partial charge in [0.05, 0.1) is 23.2 Å². The number of hydrogen-bond donors (Lipinski definition) is 3. The van der Waals surface area contributed by atoms with Crippen LogP contribution in [0.4, 0.5) is 11.4 Å². The number of nitrogens with zero attached hydrogens (tertiary/aromatic N) is 1. The molecule has 3 aliphatic heterocycles. The molecule has 3 N–H and O–H groups in total. The van der Waals surface area contributed by atoms with Gasteiger partial charge in [0.25, 0.3) is 0 Å². The Labute approximate surface area is 250 Å². The number of anilines is 2. The molecule has 8 nitrogen and oxygen atoms in total. The van der Waals surface area contributed by atoms with Crippen molar-refractivity contribution in [2.24, 2.45) is 11.8 Å². The number of likely N-dealkylation sites (tertiary alicyclic amines) is 1. The van der Waals surface area contributed by atoms with Gasteiger partial charge in [-0.15, -0.1) is 11.8 Å². The number of rotatable bonds is 11. The predicted molar refractivity (Wildman–Crippen MR) is 166 cm³/mol. The second-order valence-corrected chi connectivity index (χ2v) is 13.0. The summed E-state index contributed by atoms with van der Waals surface area (Å²) in [5.41, 5.74) is 1.34. The fraction of sp³-hybridized carbons (Fsp3) is 0.424. The van der Waals surface area contributed by atoms with E-state index in [-0.39, 0.29) is 29.6 Å². The molecular weight excluding hydrogens is 550 g/mol. The summed E-state index contributed by atoms with van der Waals surface area (Å²) in [4.78, 5) is 43.7. The van der Waals surface area contributed by atoms with Crippen molar-refractivity contribution in [2.75, 3.05) is 30.4 Å². The Bertz CT molecular complexity index is 1480. The van der Waals surface area contributed by atoms with E-state index < -0.39 is 22.6 Å². The molecule has 3 aromatic carbocycles. The summed E-state index contributed by atoms with van der Waals surface area (Å²) >= 11 is 1.66. The first-order valence-corrected chi connectivity index (χ1v) is 15.8. The first kappa shape index (κ1) is 28.6. The highest BCUT2D eigenvalue weighted by Gasteiger charge is 2.73. The Hall–Kier alpha value is -3.56. The minimum atomic E-state index is -0.672. The Morgan fingerprint density at radius 2 is 1.71 bits per heavy atom. The molecule has 2 bridgehead atoms. The number of fused-ring (bicyclic) bond motifs is 2. The maximum absolute atomic E-state index is 14.1. The monoisotopic (exact) mass is 587 g/mol. The van der Waals surface area contributed by atoms with Crippen molar-refractivity contribution in [3.05, 3.63) is 66.7 Å². The molecule has 3 amide bonds. The topological polar surface area (TPSA) is 108 Å². The van der Waals surface area contributed by atoms with E-state index >= 15 is 0 Å². The van der Waals surface area contributed by atoms with E-state index in [1.807, 2.05) is 73.7 Å². The van der Waals surface area contributed by atoms with E-state index in [2.05, 4.69) is 10.6 Å². The fourth-order valence-corrected chi connectivity index (χ4v) is 9.29. The normalized spacial score (nSPS) is 26.0. The van der Waals surface area contributed by atoms with Crippen LogP contribution in [0.3, 0.4) is 0 Å². The van der Waals surface area contributed by atoms with Gasteiger partial charge in [-0.05, 0) is 86.2 Å². The van der Waals surface area contributed by atoms with E-state index in [1.54, 1.807) is 16.7 Å². The van der Waals surface area contributed by atoms with Crippen molar-refractivity contribution in [3.8, 4) is 5.75 Å². The van der Waals surface area contributed by atoms with E-state index in [0.29, 0.717) is 43.8 Å². The molecular formula is C33H37N3O5S. The lowest BCUT2D eigenvalue weighted by molar-refractivity contribution is -0.138. The van der Waals surface area contributed by atoms with Gasteiger partial charge in [-0.3, -0.25) is 14.4 Å². The molecule has 3 aliphatic rings. The molecule has 2 unspecified atom stereocenters.